The summed E-state index contributed by atoms with van der Waals surface area (Å²) >= 11 is 1.27. The molecule has 1 aliphatic carbocycles. The highest BCUT2D eigenvalue weighted by atomic mass is 32.1. The fourth-order valence-corrected chi connectivity index (χ4v) is 2.34. The second-order valence-electron chi connectivity index (χ2n) is 3.94. The molecule has 16 heavy (non-hydrogen) atoms. The van der Waals surface area contributed by atoms with Crippen molar-refractivity contribution >= 4 is 23.2 Å². The number of aromatic nitrogens is 1. The predicted molar refractivity (Wildman–Crippen MR) is 58.5 cm³/mol. The molecule has 5 nitrogen and oxygen atoms in total. The Morgan fingerprint density at radius 3 is 2.62 bits per heavy atom. The summed E-state index contributed by atoms with van der Waals surface area (Å²) in [5.41, 5.74) is -1.05. The number of carboxylic acid groups (broad SMARTS) is 1. The van der Waals surface area contributed by atoms with Crippen LogP contribution in [-0.2, 0) is 4.79 Å². The quantitative estimate of drug-likeness (QED) is 0.831. The number of aliphatic carboxylic acids is 1. The molecule has 0 radical (unpaired) electrons. The number of hydrogen-bond acceptors (Lipinski definition) is 4. The summed E-state index contributed by atoms with van der Waals surface area (Å²) in [6, 6.07) is 0. The molecular weight excluding hydrogens is 228 g/mol. The maximum atomic E-state index is 11.8. The van der Waals surface area contributed by atoms with Gasteiger partial charge in [-0.3, -0.25) is 4.79 Å². The van der Waals surface area contributed by atoms with Crippen molar-refractivity contribution in [2.75, 3.05) is 0 Å². The van der Waals surface area contributed by atoms with Crippen LogP contribution >= 0.6 is 11.3 Å². The van der Waals surface area contributed by atoms with E-state index in [1.807, 2.05) is 0 Å². The topological polar surface area (TPSA) is 79.3 Å². The summed E-state index contributed by atoms with van der Waals surface area (Å²) in [4.78, 5) is 27.2. The van der Waals surface area contributed by atoms with Crippen LogP contribution in [0, 0.1) is 6.92 Å². The number of aryl methyl sites for hydroxylation is 1. The zero-order valence-electron chi connectivity index (χ0n) is 8.82. The lowest BCUT2D eigenvalue weighted by atomic mass is 9.77. The summed E-state index contributed by atoms with van der Waals surface area (Å²) in [5.74, 6) is -1.29. The van der Waals surface area contributed by atoms with Gasteiger partial charge < -0.3 is 10.4 Å². The van der Waals surface area contributed by atoms with Crippen molar-refractivity contribution in [2.45, 2.75) is 31.7 Å². The third-order valence-electron chi connectivity index (χ3n) is 2.81. The zero-order valence-corrected chi connectivity index (χ0v) is 9.63. The fourth-order valence-electron chi connectivity index (χ4n) is 1.67. The highest BCUT2D eigenvalue weighted by Gasteiger charge is 2.45. The van der Waals surface area contributed by atoms with Gasteiger partial charge in [-0.15, -0.1) is 11.3 Å². The Balaban J connectivity index is 2.10. The van der Waals surface area contributed by atoms with Crippen LogP contribution in [0.3, 0.4) is 0 Å². The van der Waals surface area contributed by atoms with Gasteiger partial charge >= 0.3 is 5.97 Å². The molecule has 0 aromatic carbocycles. The Labute approximate surface area is 96.5 Å². The number of nitrogens with zero attached hydrogens (tertiary/aromatic N) is 1. The first-order valence-corrected chi connectivity index (χ1v) is 5.83. The Morgan fingerprint density at radius 2 is 2.25 bits per heavy atom. The van der Waals surface area contributed by atoms with Crippen molar-refractivity contribution in [2.24, 2.45) is 0 Å². The van der Waals surface area contributed by atoms with E-state index < -0.39 is 11.5 Å². The van der Waals surface area contributed by atoms with Crippen LogP contribution < -0.4 is 5.32 Å². The second kappa shape index (κ2) is 3.86. The molecule has 0 bridgehead atoms. The Hall–Kier alpha value is -1.43. The number of hydrogen-bond donors (Lipinski definition) is 2. The molecule has 0 spiro atoms. The van der Waals surface area contributed by atoms with Crippen molar-refractivity contribution < 1.29 is 14.7 Å². The average molecular weight is 240 g/mol. The van der Waals surface area contributed by atoms with Crippen LogP contribution in [0.4, 0.5) is 0 Å². The highest BCUT2D eigenvalue weighted by Crippen LogP contribution is 2.32. The number of nitrogens with one attached hydrogen (secondary N) is 1. The zero-order chi connectivity index (χ0) is 11.8. The third kappa shape index (κ3) is 1.80. The van der Waals surface area contributed by atoms with E-state index in [0.717, 1.165) is 11.4 Å². The monoisotopic (exact) mass is 240 g/mol. The van der Waals surface area contributed by atoms with Gasteiger partial charge in [0.25, 0.3) is 5.91 Å². The molecule has 1 aromatic heterocycles. The number of rotatable bonds is 3. The standard InChI is InChI=1S/C10H12N2O3S/c1-6-11-5-7(16-6)8(13)12-10(9(14)15)3-2-4-10/h5H,2-4H2,1H3,(H,12,13)(H,14,15). The molecule has 1 saturated carbocycles. The summed E-state index contributed by atoms with van der Waals surface area (Å²) in [5, 5.41) is 12.4. The molecule has 86 valence electrons. The van der Waals surface area contributed by atoms with Gasteiger partial charge in [0.1, 0.15) is 10.4 Å². The summed E-state index contributed by atoms with van der Waals surface area (Å²) in [7, 11) is 0. The molecule has 2 N–H and O–H groups in total. The van der Waals surface area contributed by atoms with E-state index in [1.165, 1.54) is 17.5 Å². The van der Waals surface area contributed by atoms with Crippen LogP contribution in [0.2, 0.25) is 0 Å². The first kappa shape index (κ1) is 11.1. The first-order chi connectivity index (χ1) is 7.53. The Bertz CT molecular complexity index is 437. The SMILES string of the molecule is Cc1ncc(C(=O)NC2(C(=O)O)CCC2)s1. The van der Waals surface area contributed by atoms with Crippen LogP contribution in [0.1, 0.15) is 33.9 Å². The van der Waals surface area contributed by atoms with Gasteiger partial charge in [0.05, 0.1) is 11.2 Å². The molecular formula is C10H12N2O3S. The molecule has 1 heterocycles. The van der Waals surface area contributed by atoms with Gasteiger partial charge in [0.2, 0.25) is 0 Å². The molecule has 1 fully saturated rings. The second-order valence-corrected chi connectivity index (χ2v) is 5.17. The van der Waals surface area contributed by atoms with E-state index in [1.54, 1.807) is 6.92 Å². The third-order valence-corrected chi connectivity index (χ3v) is 3.73. The Morgan fingerprint density at radius 1 is 1.56 bits per heavy atom. The smallest absolute Gasteiger partial charge is 0.329 e. The molecule has 0 unspecified atom stereocenters. The summed E-state index contributed by atoms with van der Waals surface area (Å²) < 4.78 is 0. The summed E-state index contributed by atoms with van der Waals surface area (Å²) in [6.45, 7) is 1.80. The van der Waals surface area contributed by atoms with Gasteiger partial charge in [-0.1, -0.05) is 0 Å². The van der Waals surface area contributed by atoms with E-state index in [2.05, 4.69) is 10.3 Å². The molecule has 6 heteroatoms. The van der Waals surface area contributed by atoms with Crippen LogP contribution in [0.5, 0.6) is 0 Å². The molecule has 2 rings (SSSR count). The maximum Gasteiger partial charge on any atom is 0.329 e. The number of carbonyl (C=O) groups is 2. The van der Waals surface area contributed by atoms with Gasteiger partial charge in [0.15, 0.2) is 0 Å². The lowest BCUT2D eigenvalue weighted by Crippen LogP contribution is -2.59. The maximum absolute atomic E-state index is 11.8. The number of thiazole rings is 1. The molecule has 0 atom stereocenters. The van der Waals surface area contributed by atoms with Crippen molar-refractivity contribution in [1.29, 1.82) is 0 Å². The first-order valence-electron chi connectivity index (χ1n) is 5.02. The van der Waals surface area contributed by atoms with Crippen molar-refractivity contribution in [3.8, 4) is 0 Å². The number of amides is 1. The van der Waals surface area contributed by atoms with Crippen LogP contribution in [0.15, 0.2) is 6.20 Å². The molecule has 0 saturated heterocycles. The van der Waals surface area contributed by atoms with Gasteiger partial charge in [-0.25, -0.2) is 9.78 Å². The Kier molecular flexibility index (Phi) is 2.67. The highest BCUT2D eigenvalue weighted by molar-refractivity contribution is 7.13. The largest absolute Gasteiger partial charge is 0.480 e. The van der Waals surface area contributed by atoms with Crippen molar-refractivity contribution in [3.05, 3.63) is 16.1 Å². The minimum Gasteiger partial charge on any atom is -0.480 e. The normalized spacial score (nSPS) is 17.6. The van der Waals surface area contributed by atoms with Gasteiger partial charge in [-0.2, -0.15) is 0 Å². The van der Waals surface area contributed by atoms with Crippen LogP contribution in [-0.4, -0.2) is 27.5 Å². The summed E-state index contributed by atoms with van der Waals surface area (Å²) in [6.07, 6.45) is 3.33. The van der Waals surface area contributed by atoms with E-state index in [0.29, 0.717) is 17.7 Å². The van der Waals surface area contributed by atoms with Gasteiger partial charge in [0, 0.05) is 0 Å². The number of carbonyl (C=O) groups excluding carboxylic acids is 1. The lowest BCUT2D eigenvalue weighted by molar-refractivity contribution is -0.148. The predicted octanol–water partition coefficient (Wildman–Crippen LogP) is 1.19. The van der Waals surface area contributed by atoms with E-state index in [4.69, 9.17) is 5.11 Å². The van der Waals surface area contributed by atoms with E-state index >= 15 is 0 Å². The van der Waals surface area contributed by atoms with Crippen LogP contribution in [0.25, 0.3) is 0 Å². The van der Waals surface area contributed by atoms with Crippen molar-refractivity contribution in [3.63, 3.8) is 0 Å². The number of carboxylic acids is 1. The average Bonchev–Trinajstić information content (AvgIpc) is 2.57. The van der Waals surface area contributed by atoms with E-state index in [9.17, 15) is 9.59 Å². The minimum atomic E-state index is -1.05. The van der Waals surface area contributed by atoms with E-state index in [-0.39, 0.29) is 5.91 Å². The molecule has 1 amide bonds. The lowest BCUT2D eigenvalue weighted by Gasteiger charge is -2.37. The molecule has 0 aliphatic heterocycles. The fraction of sp³-hybridized carbons (Fsp3) is 0.500. The minimum absolute atomic E-state index is 0.340. The van der Waals surface area contributed by atoms with Crippen molar-refractivity contribution in [1.82, 2.24) is 10.3 Å². The molecule has 1 aliphatic rings. The molecule has 1 aromatic rings. The van der Waals surface area contributed by atoms with Gasteiger partial charge in [-0.05, 0) is 26.2 Å².